The van der Waals surface area contributed by atoms with Crippen molar-refractivity contribution in [2.24, 2.45) is 23.5 Å². The predicted octanol–water partition coefficient (Wildman–Crippen LogP) is -0.934. The number of fused-ring (bicyclic) bond motifs is 1. The van der Waals surface area contributed by atoms with Gasteiger partial charge in [0.05, 0.1) is 37.7 Å². The summed E-state index contributed by atoms with van der Waals surface area (Å²) in [6.07, 6.45) is 2.48. The van der Waals surface area contributed by atoms with Gasteiger partial charge in [-0.15, -0.1) is 11.3 Å². The summed E-state index contributed by atoms with van der Waals surface area (Å²) in [7, 11) is 5.10. The van der Waals surface area contributed by atoms with Crippen LogP contribution in [0.3, 0.4) is 0 Å². The molecule has 2 aromatic rings. The maximum absolute atomic E-state index is 14.7. The molecular weight excluding hydrogens is 1550 g/mol. The number of unbranched alkanes of at least 4 members (excludes halogenated alkanes) is 1. The van der Waals surface area contributed by atoms with Gasteiger partial charge in [-0.3, -0.25) is 91.4 Å². The number of carbonyl (C=O) groups excluding carboxylic acids is 17. The number of amides is 15. The van der Waals surface area contributed by atoms with Crippen LogP contribution in [-0.4, -0.2) is 269 Å². The molecule has 7 unspecified atom stereocenters. The topological polar surface area (TPSA) is 537 Å². The summed E-state index contributed by atoms with van der Waals surface area (Å²) in [6, 6.07) is -9.64. The molecule has 40 heteroatoms. The Morgan fingerprint density at radius 3 is 1.70 bits per heavy atom. The molecule has 0 radical (unpaired) electrons. The van der Waals surface area contributed by atoms with E-state index in [4.69, 9.17) is 24.7 Å². The lowest BCUT2D eigenvalue weighted by Gasteiger charge is -2.38. The van der Waals surface area contributed by atoms with Crippen LogP contribution in [0.25, 0.3) is 0 Å². The zero-order valence-corrected chi connectivity index (χ0v) is 69.5. The first-order valence-electron chi connectivity index (χ1n) is 38.6. The Bertz CT molecular complexity index is 4020. The molecule has 3 aliphatic heterocycles. The number of carboxylic acids is 1. The summed E-state index contributed by atoms with van der Waals surface area (Å²) < 4.78 is 22.7. The molecule has 0 aliphatic carbocycles. The number of hydrogen-bond acceptors (Lipinski definition) is 26. The van der Waals surface area contributed by atoms with Gasteiger partial charge in [-0.1, -0.05) is 47.1 Å². The van der Waals surface area contributed by atoms with E-state index in [-0.39, 0.29) is 136 Å². The number of aromatic nitrogens is 1. The monoisotopic (exact) mass is 1660 g/mol. The van der Waals surface area contributed by atoms with Crippen molar-refractivity contribution < 1.29 is 110 Å². The van der Waals surface area contributed by atoms with Crippen LogP contribution in [0.15, 0.2) is 47.9 Å². The van der Waals surface area contributed by atoms with Crippen molar-refractivity contribution in [2.45, 2.75) is 213 Å². The van der Waals surface area contributed by atoms with Crippen LogP contribution < -0.4 is 63.6 Å². The second-order valence-electron chi connectivity index (χ2n) is 29.9. The number of esters is 2. The van der Waals surface area contributed by atoms with E-state index in [1.165, 1.54) is 70.0 Å². The second-order valence-corrected chi connectivity index (χ2v) is 30.8. The van der Waals surface area contributed by atoms with Crippen LogP contribution in [0.5, 0.6) is 5.75 Å². The van der Waals surface area contributed by atoms with Crippen LogP contribution >= 0.6 is 11.3 Å². The quantitative estimate of drug-likeness (QED) is 0.0222. The summed E-state index contributed by atoms with van der Waals surface area (Å²) in [6.45, 7) is 17.0. The van der Waals surface area contributed by atoms with Gasteiger partial charge in [0.1, 0.15) is 59.0 Å². The molecule has 117 heavy (non-hydrogen) atoms. The molecule has 15 amide bonds. The zero-order chi connectivity index (χ0) is 87.5. The molecule has 1 aromatic heterocycles. The van der Waals surface area contributed by atoms with E-state index in [0.717, 1.165) is 35.6 Å². The number of carboxylic acid groups (broad SMARTS) is 1. The molecule has 0 spiro atoms. The third-order valence-corrected chi connectivity index (χ3v) is 20.9. The number of thiazole rings is 1. The van der Waals surface area contributed by atoms with Crippen molar-refractivity contribution in [3.8, 4) is 5.75 Å². The van der Waals surface area contributed by atoms with Gasteiger partial charge in [-0.2, -0.15) is 0 Å². The smallest absolute Gasteiger partial charge is 0.333 e. The average Bonchev–Trinajstić information content (AvgIpc) is 1.67. The first-order valence-corrected chi connectivity index (χ1v) is 39.5. The standard InChI is InChI=1S/C77H112N16O23S/c1-16-41(4)62(89-76(112)77(11,12)90(13)14)73(108)91(15)53(40(2)3)38-55(115-47(10)94)72-88-52(39-117-72)69(105)85-49(35-42(5)65(101)86-50(74(109)110)19-17-18-28-78)36-48-20-21-54-51(37-48)87-68(104)45(8)83-66(102)43(6)81-56(95)26-31-113-33-29-79-70(106)63(92-58(97)22-23-59(92)98)64(93-60(99)24-25-61(93)100)71(107)80-30-34-114-32-27-57(96)82-44(7)67(103)84-46(9)75(111)116-54/h20-25,37,39-46,49-50,53,55,62-64H,16-19,26-36,38,78H2,1-15H3,(H,79,106)(H,80,107)(H,81,95)(H,82,96)(H,83,102)(H,84,103)(H,85,105)(H,86,101)(H,87,104)(H,89,112)(H,109,110)/t41-,42?,43?,44?,45?,46?,49+,50-,53+,55+,62-,63?,64?/m0/s1. The van der Waals surface area contributed by atoms with Crippen LogP contribution in [0.1, 0.15) is 162 Å². The Morgan fingerprint density at radius 1 is 0.692 bits per heavy atom. The predicted molar refractivity (Wildman–Crippen MR) is 421 cm³/mol. The molecule has 3 aliphatic rings. The molecule has 4 heterocycles. The first-order chi connectivity index (χ1) is 55.0. The minimum absolute atomic E-state index is 0.00212. The number of nitrogens with zero attached hydrogens (tertiary/aromatic N) is 5. The number of anilines is 1. The summed E-state index contributed by atoms with van der Waals surface area (Å²) in [5, 5.41) is 37.5. The average molecular weight is 1660 g/mol. The number of carbonyl (C=O) groups is 18. The Hall–Kier alpha value is -11.0. The van der Waals surface area contributed by atoms with Gasteiger partial charge in [-0.25, -0.2) is 14.6 Å². The maximum Gasteiger partial charge on any atom is 0.333 e. The lowest BCUT2D eigenvalue weighted by atomic mass is 9.92. The zero-order valence-electron chi connectivity index (χ0n) is 68.7. The van der Waals surface area contributed by atoms with Crippen LogP contribution in [0, 0.1) is 17.8 Å². The molecule has 0 saturated carbocycles. The van der Waals surface area contributed by atoms with E-state index in [0.29, 0.717) is 29.1 Å². The van der Waals surface area contributed by atoms with Crippen LogP contribution in [-0.2, 0) is 102 Å². The molecular formula is C77H112N16O23S. The minimum Gasteiger partial charge on any atom is -0.480 e. The number of aliphatic carboxylic acids is 1. The normalized spacial score (nSPS) is 21.7. The maximum atomic E-state index is 14.7. The molecule has 13 atom stereocenters. The van der Waals surface area contributed by atoms with Crippen molar-refractivity contribution >= 4 is 124 Å². The number of benzene rings is 1. The largest absolute Gasteiger partial charge is 0.480 e. The number of nitrogens with two attached hydrogens (primary N) is 1. The summed E-state index contributed by atoms with van der Waals surface area (Å²) >= 11 is 0.983. The minimum atomic E-state index is -2.14. The first kappa shape index (κ1) is 96.6. The van der Waals surface area contributed by atoms with E-state index in [1.54, 1.807) is 39.9 Å². The molecule has 1 aromatic carbocycles. The third-order valence-electron chi connectivity index (χ3n) is 19.9. The Balaban J connectivity index is 1.46. The van der Waals surface area contributed by atoms with Crippen molar-refractivity contribution in [2.75, 3.05) is 72.5 Å². The molecule has 644 valence electrons. The highest BCUT2D eigenvalue weighted by Gasteiger charge is 2.51. The lowest BCUT2D eigenvalue weighted by Crippen LogP contribution is -2.66. The highest BCUT2D eigenvalue weighted by molar-refractivity contribution is 7.09. The van der Waals surface area contributed by atoms with E-state index in [1.807, 2.05) is 27.7 Å². The molecule has 39 nitrogen and oxygen atoms in total. The van der Waals surface area contributed by atoms with Gasteiger partial charge in [-0.05, 0) is 124 Å². The van der Waals surface area contributed by atoms with Crippen LogP contribution in [0.2, 0.25) is 0 Å². The number of hydrogen-bond donors (Lipinski definition) is 12. The van der Waals surface area contributed by atoms with Crippen molar-refractivity contribution in [3.63, 3.8) is 0 Å². The van der Waals surface area contributed by atoms with Gasteiger partial charge in [0.15, 0.2) is 11.9 Å². The number of ether oxygens (including phenoxy) is 4. The highest BCUT2D eigenvalue weighted by Crippen LogP contribution is 2.33. The SMILES string of the molecule is CC[C@H](C)[C@H](NC(=O)C(C)(C)N(C)C)C(=O)N(C)[C@H](C[C@@H](OC(C)=O)c1nc(C(=O)N[C@@H](Cc2ccc3c(c2)NC(=O)C(C)NC(=O)C(C)NC(=O)CCOCCNC(=O)C(N2C(=O)C=CC2=O)C(N2C(=O)C=CC2=O)C(=O)NCCOCCC(=O)NC(C)C(=O)NC(C)C(=O)O3)CC(C)C(=O)N[C@@H](CCCCN)C(=O)O)cs1)C(C)C. The Kier molecular flexibility index (Phi) is 37.6. The van der Waals surface area contributed by atoms with Crippen LogP contribution in [0.4, 0.5) is 5.69 Å². The number of nitrogens with one attached hydrogen (secondary N) is 10. The molecule has 5 rings (SSSR count). The van der Waals surface area contributed by atoms with Gasteiger partial charge < -0.3 is 87.9 Å². The second kappa shape index (κ2) is 45.5. The van der Waals surface area contributed by atoms with Crippen molar-refractivity contribution in [1.82, 2.24) is 72.4 Å². The highest BCUT2D eigenvalue weighted by atomic mass is 32.1. The van der Waals surface area contributed by atoms with Gasteiger partial charge in [0.2, 0.25) is 59.1 Å². The number of likely N-dealkylation sites (N-methyl/N-ethyl adjacent to an activating group) is 2. The lowest BCUT2D eigenvalue weighted by molar-refractivity contribution is -0.156. The van der Waals surface area contributed by atoms with Gasteiger partial charge in [0, 0.05) is 94.0 Å². The van der Waals surface area contributed by atoms with E-state index < -0.39 is 173 Å². The molecule has 13 N–H and O–H groups in total. The van der Waals surface area contributed by atoms with Crippen molar-refractivity contribution in [3.05, 3.63) is 64.1 Å². The molecule has 0 fully saturated rings. The number of rotatable bonds is 27. The number of imide groups is 2. The van der Waals surface area contributed by atoms with E-state index in [2.05, 4.69) is 58.2 Å². The van der Waals surface area contributed by atoms with Gasteiger partial charge >= 0.3 is 17.9 Å². The fourth-order valence-corrected chi connectivity index (χ4v) is 13.1. The summed E-state index contributed by atoms with van der Waals surface area (Å²) in [4.78, 5) is 253. The molecule has 0 bridgehead atoms. The molecule has 0 saturated heterocycles. The Labute approximate surface area is 682 Å². The summed E-state index contributed by atoms with van der Waals surface area (Å²) in [5.74, 6) is -18.0. The fourth-order valence-electron chi connectivity index (χ4n) is 12.3. The van der Waals surface area contributed by atoms with E-state index >= 15 is 0 Å². The van der Waals surface area contributed by atoms with E-state index in [9.17, 15) is 91.4 Å². The summed E-state index contributed by atoms with van der Waals surface area (Å²) in [5.41, 5.74) is 4.59. The van der Waals surface area contributed by atoms with Gasteiger partial charge in [0.25, 0.3) is 29.5 Å². The fraction of sp³-hybridized carbons (Fsp3) is 0.597. The Morgan fingerprint density at radius 2 is 1.21 bits per heavy atom. The van der Waals surface area contributed by atoms with Crippen molar-refractivity contribution in [1.29, 1.82) is 0 Å². The third kappa shape index (κ3) is 28.4.